The maximum absolute atomic E-state index is 11.8. The molecule has 0 spiro atoms. The van der Waals surface area contributed by atoms with E-state index in [0.29, 0.717) is 12.2 Å². The smallest absolute Gasteiger partial charge is 0.287 e. The molecule has 1 rings (SSSR count). The van der Waals surface area contributed by atoms with E-state index in [1.165, 1.54) is 4.68 Å². The van der Waals surface area contributed by atoms with Crippen molar-refractivity contribution < 1.29 is 0 Å². The van der Waals surface area contributed by atoms with Crippen molar-refractivity contribution in [1.82, 2.24) is 14.7 Å². The Balaban J connectivity index is 2.50. The van der Waals surface area contributed by atoms with Crippen molar-refractivity contribution >= 4 is 17.3 Å². The summed E-state index contributed by atoms with van der Waals surface area (Å²) in [7, 11) is 0. The molecule has 0 bridgehead atoms. The molecular formula is C13H23ClN4O. The molecule has 0 fully saturated rings. The van der Waals surface area contributed by atoms with E-state index >= 15 is 0 Å². The van der Waals surface area contributed by atoms with Gasteiger partial charge in [-0.1, -0.05) is 25.4 Å². The van der Waals surface area contributed by atoms with E-state index in [-0.39, 0.29) is 10.6 Å². The Morgan fingerprint density at radius 2 is 2.05 bits per heavy atom. The molecule has 0 unspecified atom stereocenters. The lowest BCUT2D eigenvalue weighted by molar-refractivity contribution is 0.303. The van der Waals surface area contributed by atoms with Gasteiger partial charge in [-0.2, -0.15) is 5.10 Å². The Hall–Kier alpha value is -1.07. The van der Waals surface area contributed by atoms with Crippen LogP contribution in [-0.2, 0) is 6.54 Å². The highest BCUT2D eigenvalue weighted by atomic mass is 35.5. The number of nitrogens with zero attached hydrogens (tertiary/aromatic N) is 3. The minimum absolute atomic E-state index is 0.222. The average Bonchev–Trinajstić information content (AvgIpc) is 2.43. The van der Waals surface area contributed by atoms with Crippen molar-refractivity contribution in [3.8, 4) is 0 Å². The van der Waals surface area contributed by atoms with Gasteiger partial charge in [-0.05, 0) is 33.0 Å². The molecule has 0 amide bonds. The highest BCUT2D eigenvalue weighted by Crippen LogP contribution is 2.14. The summed E-state index contributed by atoms with van der Waals surface area (Å²) in [4.78, 5) is 14.1. The van der Waals surface area contributed by atoms with Gasteiger partial charge in [0.15, 0.2) is 0 Å². The first-order valence-corrected chi connectivity index (χ1v) is 7.23. The lowest BCUT2D eigenvalue weighted by Gasteiger charge is -2.18. The van der Waals surface area contributed by atoms with Gasteiger partial charge in [-0.15, -0.1) is 0 Å². The zero-order valence-electron chi connectivity index (χ0n) is 11.9. The molecule has 1 N–H and O–H groups in total. The average molecular weight is 287 g/mol. The van der Waals surface area contributed by atoms with Crippen LogP contribution in [0.15, 0.2) is 11.0 Å². The minimum atomic E-state index is -0.238. The summed E-state index contributed by atoms with van der Waals surface area (Å²) in [6.07, 6.45) is 2.62. The fourth-order valence-corrected chi connectivity index (χ4v) is 2.09. The highest BCUT2D eigenvalue weighted by Gasteiger charge is 2.07. The van der Waals surface area contributed by atoms with Crippen LogP contribution in [-0.4, -0.2) is 40.9 Å². The van der Waals surface area contributed by atoms with Crippen molar-refractivity contribution in [2.75, 3.05) is 31.5 Å². The first-order valence-electron chi connectivity index (χ1n) is 6.85. The van der Waals surface area contributed by atoms with Crippen LogP contribution >= 0.6 is 11.6 Å². The number of hydrogen-bond donors (Lipinski definition) is 1. The van der Waals surface area contributed by atoms with Crippen molar-refractivity contribution in [2.45, 2.75) is 33.7 Å². The summed E-state index contributed by atoms with van der Waals surface area (Å²) in [6.45, 7) is 10.6. The van der Waals surface area contributed by atoms with Crippen LogP contribution < -0.4 is 10.9 Å². The van der Waals surface area contributed by atoms with E-state index in [1.54, 1.807) is 6.20 Å². The maximum Gasteiger partial charge on any atom is 0.287 e. The zero-order valence-corrected chi connectivity index (χ0v) is 12.7. The first-order chi connectivity index (χ1) is 9.13. The van der Waals surface area contributed by atoms with Crippen molar-refractivity contribution in [1.29, 1.82) is 0 Å². The Bertz CT molecular complexity index is 443. The van der Waals surface area contributed by atoms with Gasteiger partial charge < -0.3 is 10.2 Å². The summed E-state index contributed by atoms with van der Waals surface area (Å²) < 4.78 is 1.35. The molecule has 0 saturated carbocycles. The molecule has 6 heteroatoms. The van der Waals surface area contributed by atoms with Crippen LogP contribution in [0.2, 0.25) is 5.02 Å². The topological polar surface area (TPSA) is 50.2 Å². The fraction of sp³-hybridized carbons (Fsp3) is 0.692. The number of aryl methyl sites for hydroxylation is 1. The van der Waals surface area contributed by atoms with Gasteiger partial charge in [0.2, 0.25) is 0 Å². The number of anilines is 1. The molecule has 0 aliphatic rings. The van der Waals surface area contributed by atoms with E-state index in [9.17, 15) is 4.79 Å². The molecule has 5 nitrogen and oxygen atoms in total. The summed E-state index contributed by atoms with van der Waals surface area (Å²) >= 11 is 6.03. The summed E-state index contributed by atoms with van der Waals surface area (Å²) in [6, 6.07) is 0. The van der Waals surface area contributed by atoms with Gasteiger partial charge in [0.05, 0.1) is 11.9 Å². The van der Waals surface area contributed by atoms with Gasteiger partial charge >= 0.3 is 0 Å². The molecule has 0 aliphatic heterocycles. The van der Waals surface area contributed by atoms with Crippen LogP contribution in [0.3, 0.4) is 0 Å². The predicted octanol–water partition coefficient (Wildman–Crippen LogP) is 2.06. The number of halogens is 1. The normalized spacial score (nSPS) is 11.0. The lowest BCUT2D eigenvalue weighted by atomic mass is 10.3. The molecule has 0 radical (unpaired) electrons. The summed E-state index contributed by atoms with van der Waals surface area (Å²) in [5.74, 6) is 0. The molecule has 0 aromatic carbocycles. The quantitative estimate of drug-likeness (QED) is 0.743. The van der Waals surface area contributed by atoms with E-state index in [2.05, 4.69) is 29.2 Å². The fourth-order valence-electron chi connectivity index (χ4n) is 1.88. The van der Waals surface area contributed by atoms with E-state index < -0.39 is 0 Å². The molecule has 0 aliphatic carbocycles. The Morgan fingerprint density at radius 3 is 2.63 bits per heavy atom. The second-order valence-corrected chi connectivity index (χ2v) is 4.68. The van der Waals surface area contributed by atoms with Crippen LogP contribution in [0.1, 0.15) is 27.2 Å². The highest BCUT2D eigenvalue weighted by molar-refractivity contribution is 6.32. The van der Waals surface area contributed by atoms with Crippen LogP contribution in [0.5, 0.6) is 0 Å². The van der Waals surface area contributed by atoms with Crippen molar-refractivity contribution in [3.63, 3.8) is 0 Å². The maximum atomic E-state index is 11.8. The van der Waals surface area contributed by atoms with Gasteiger partial charge in [0.25, 0.3) is 5.56 Å². The third-order valence-corrected chi connectivity index (χ3v) is 3.51. The van der Waals surface area contributed by atoms with Gasteiger partial charge in [0, 0.05) is 13.1 Å². The molecule has 1 aromatic heterocycles. The zero-order chi connectivity index (χ0) is 14.3. The number of rotatable bonds is 8. The standard InChI is InChI=1S/C13H23ClN4O/c1-4-17(5-2)9-7-8-15-11-10-16-18(6-3)13(19)12(11)14/h10,15H,4-9H2,1-3H3. The van der Waals surface area contributed by atoms with Gasteiger partial charge in [0.1, 0.15) is 5.02 Å². The van der Waals surface area contributed by atoms with Gasteiger partial charge in [-0.25, -0.2) is 4.68 Å². The SMILES string of the molecule is CCN(CC)CCCNc1cnn(CC)c(=O)c1Cl. The summed E-state index contributed by atoms with van der Waals surface area (Å²) in [5.41, 5.74) is 0.383. The van der Waals surface area contributed by atoms with Crippen molar-refractivity contribution in [2.24, 2.45) is 0 Å². The van der Waals surface area contributed by atoms with Crippen LogP contribution in [0, 0.1) is 0 Å². The molecule has 1 aromatic rings. The number of hydrogen-bond acceptors (Lipinski definition) is 4. The van der Waals surface area contributed by atoms with Crippen LogP contribution in [0.4, 0.5) is 5.69 Å². The second kappa shape index (κ2) is 8.17. The Labute approximate surface area is 119 Å². The first kappa shape index (κ1) is 16.0. The predicted molar refractivity (Wildman–Crippen MR) is 80.1 cm³/mol. The lowest BCUT2D eigenvalue weighted by Crippen LogP contribution is -2.26. The number of aromatic nitrogens is 2. The Morgan fingerprint density at radius 1 is 1.37 bits per heavy atom. The summed E-state index contributed by atoms with van der Waals surface area (Å²) in [5, 5.41) is 7.45. The molecule has 108 valence electrons. The molecule has 0 atom stereocenters. The molecule has 19 heavy (non-hydrogen) atoms. The monoisotopic (exact) mass is 286 g/mol. The van der Waals surface area contributed by atoms with Gasteiger partial charge in [-0.3, -0.25) is 4.79 Å². The van der Waals surface area contributed by atoms with E-state index in [1.807, 2.05) is 6.92 Å². The van der Waals surface area contributed by atoms with E-state index in [4.69, 9.17) is 11.6 Å². The Kier molecular flexibility index (Phi) is 6.87. The number of nitrogens with one attached hydrogen (secondary N) is 1. The second-order valence-electron chi connectivity index (χ2n) is 4.30. The third-order valence-electron chi connectivity index (χ3n) is 3.15. The third kappa shape index (κ3) is 4.51. The van der Waals surface area contributed by atoms with E-state index in [0.717, 1.165) is 32.6 Å². The molecule has 1 heterocycles. The molecular weight excluding hydrogens is 264 g/mol. The van der Waals surface area contributed by atoms with Crippen LogP contribution in [0.25, 0.3) is 0 Å². The largest absolute Gasteiger partial charge is 0.382 e. The van der Waals surface area contributed by atoms with Crippen molar-refractivity contribution in [3.05, 3.63) is 21.6 Å². The minimum Gasteiger partial charge on any atom is -0.382 e. The molecule has 0 saturated heterocycles.